The Morgan fingerprint density at radius 2 is 1.89 bits per heavy atom. The van der Waals surface area contributed by atoms with Crippen LogP contribution in [0.25, 0.3) is 0 Å². The van der Waals surface area contributed by atoms with Crippen LogP contribution in [0.4, 0.5) is 4.39 Å². The molecule has 2 rings (SSSR count). The lowest BCUT2D eigenvalue weighted by Crippen LogP contribution is -2.37. The first-order chi connectivity index (χ1) is 13.7. The molecule has 2 N–H and O–H groups in total. The molecule has 7 nitrogen and oxygen atoms in total. The van der Waals surface area contributed by atoms with Crippen molar-refractivity contribution in [1.29, 1.82) is 0 Å². The Balaban J connectivity index is 1.68. The molecular formula is C20H27FN4O3. The quantitative estimate of drug-likeness (QED) is 0.349. The fourth-order valence-corrected chi connectivity index (χ4v) is 2.23. The first kappa shape index (κ1) is 21.6. The number of pyridine rings is 1. The number of nitrogens with zero attached hydrogens (tertiary/aromatic N) is 2. The summed E-state index contributed by atoms with van der Waals surface area (Å²) in [6.07, 6.45) is 2.60. The third-order valence-electron chi connectivity index (χ3n) is 3.71. The van der Waals surface area contributed by atoms with Gasteiger partial charge in [0.25, 0.3) is 0 Å². The Bertz CT molecular complexity index is 708. The largest absolute Gasteiger partial charge is 0.439 e. The summed E-state index contributed by atoms with van der Waals surface area (Å²) in [5.41, 5.74) is 0.984. The van der Waals surface area contributed by atoms with Gasteiger partial charge in [-0.05, 0) is 36.2 Å². The fraction of sp³-hybridized carbons (Fsp3) is 0.400. The average molecular weight is 390 g/mol. The smallest absolute Gasteiger partial charge is 0.219 e. The number of nitrogens with one attached hydrogen (secondary N) is 2. The van der Waals surface area contributed by atoms with E-state index in [1.165, 1.54) is 12.1 Å². The van der Waals surface area contributed by atoms with Gasteiger partial charge >= 0.3 is 0 Å². The van der Waals surface area contributed by atoms with Gasteiger partial charge < -0.3 is 24.8 Å². The Labute approximate surface area is 164 Å². The van der Waals surface area contributed by atoms with Crippen molar-refractivity contribution < 1.29 is 18.6 Å². The first-order valence-electron chi connectivity index (χ1n) is 9.11. The highest BCUT2D eigenvalue weighted by molar-refractivity contribution is 5.79. The lowest BCUT2D eigenvalue weighted by Gasteiger charge is -2.12. The molecule has 0 fully saturated rings. The number of methoxy groups -OCH3 is 1. The molecule has 0 radical (unpaired) electrons. The van der Waals surface area contributed by atoms with E-state index in [0.29, 0.717) is 44.0 Å². The van der Waals surface area contributed by atoms with Crippen molar-refractivity contribution >= 4 is 5.96 Å². The van der Waals surface area contributed by atoms with Gasteiger partial charge in [0.1, 0.15) is 11.6 Å². The lowest BCUT2D eigenvalue weighted by molar-refractivity contribution is 0.0698. The van der Waals surface area contributed by atoms with Crippen molar-refractivity contribution in [2.45, 2.75) is 13.0 Å². The molecule has 152 valence electrons. The van der Waals surface area contributed by atoms with Gasteiger partial charge in [-0.25, -0.2) is 9.37 Å². The van der Waals surface area contributed by atoms with Crippen molar-refractivity contribution in [3.05, 3.63) is 54.0 Å². The molecule has 28 heavy (non-hydrogen) atoms. The van der Waals surface area contributed by atoms with Crippen molar-refractivity contribution in [3.63, 3.8) is 0 Å². The molecule has 0 amide bonds. The standard InChI is InChI=1S/C20H27FN4O3/c1-22-20(23-10-3-11-27-13-12-26-2)25-15-16-4-9-19(24-14-16)28-18-7-5-17(21)6-8-18/h4-9,14H,3,10-13,15H2,1-2H3,(H2,22,23,25). The van der Waals surface area contributed by atoms with E-state index in [1.54, 1.807) is 38.6 Å². The summed E-state index contributed by atoms with van der Waals surface area (Å²) in [5, 5.41) is 6.46. The van der Waals surface area contributed by atoms with E-state index in [0.717, 1.165) is 18.5 Å². The zero-order valence-corrected chi connectivity index (χ0v) is 16.3. The highest BCUT2D eigenvalue weighted by atomic mass is 19.1. The number of hydrogen-bond acceptors (Lipinski definition) is 5. The number of guanidine groups is 1. The molecular weight excluding hydrogens is 363 g/mol. The summed E-state index contributed by atoms with van der Waals surface area (Å²) in [5.74, 6) is 1.40. The SMILES string of the molecule is CN=C(NCCCOCCOC)NCc1ccc(Oc2ccc(F)cc2)nc1. The summed E-state index contributed by atoms with van der Waals surface area (Å²) < 4.78 is 28.8. The molecule has 0 atom stereocenters. The molecule has 0 aliphatic heterocycles. The Morgan fingerprint density at radius 3 is 2.57 bits per heavy atom. The fourth-order valence-electron chi connectivity index (χ4n) is 2.23. The van der Waals surface area contributed by atoms with Crippen LogP contribution in [0.15, 0.2) is 47.6 Å². The van der Waals surface area contributed by atoms with Crippen molar-refractivity contribution in [2.24, 2.45) is 4.99 Å². The highest BCUT2D eigenvalue weighted by Crippen LogP contribution is 2.19. The third-order valence-corrected chi connectivity index (χ3v) is 3.71. The van der Waals surface area contributed by atoms with Gasteiger partial charge in [-0.15, -0.1) is 0 Å². The maximum Gasteiger partial charge on any atom is 0.219 e. The monoisotopic (exact) mass is 390 g/mol. The number of rotatable bonds is 11. The van der Waals surface area contributed by atoms with E-state index in [1.807, 2.05) is 6.07 Å². The van der Waals surface area contributed by atoms with Crippen molar-refractivity contribution in [2.75, 3.05) is 40.5 Å². The topological polar surface area (TPSA) is 77.0 Å². The highest BCUT2D eigenvalue weighted by Gasteiger charge is 2.02. The third kappa shape index (κ3) is 8.32. The summed E-state index contributed by atoms with van der Waals surface area (Å²) in [6, 6.07) is 9.50. The number of ether oxygens (including phenoxy) is 3. The van der Waals surface area contributed by atoms with Crippen LogP contribution in [0.1, 0.15) is 12.0 Å². The zero-order chi connectivity index (χ0) is 20.0. The van der Waals surface area contributed by atoms with Gasteiger partial charge in [-0.1, -0.05) is 6.07 Å². The van der Waals surface area contributed by atoms with Crippen molar-refractivity contribution in [3.8, 4) is 11.6 Å². The molecule has 1 aromatic carbocycles. The minimum absolute atomic E-state index is 0.303. The van der Waals surface area contributed by atoms with Crippen LogP contribution in [-0.4, -0.2) is 51.5 Å². The average Bonchev–Trinajstić information content (AvgIpc) is 2.72. The van der Waals surface area contributed by atoms with E-state index in [9.17, 15) is 4.39 Å². The second kappa shape index (κ2) is 12.6. The van der Waals surface area contributed by atoms with Gasteiger partial charge in [0.15, 0.2) is 5.96 Å². The molecule has 0 bridgehead atoms. The molecule has 0 aliphatic rings. The van der Waals surface area contributed by atoms with Crippen LogP contribution >= 0.6 is 0 Å². The maximum absolute atomic E-state index is 12.9. The van der Waals surface area contributed by atoms with Gasteiger partial charge in [0, 0.05) is 46.1 Å². The second-order valence-electron chi connectivity index (χ2n) is 5.87. The van der Waals surface area contributed by atoms with E-state index < -0.39 is 0 Å². The van der Waals surface area contributed by atoms with E-state index >= 15 is 0 Å². The summed E-state index contributed by atoms with van der Waals surface area (Å²) >= 11 is 0. The number of hydrogen-bond donors (Lipinski definition) is 2. The van der Waals surface area contributed by atoms with Gasteiger partial charge in [-0.3, -0.25) is 4.99 Å². The second-order valence-corrected chi connectivity index (χ2v) is 5.87. The Kier molecular flexibility index (Phi) is 9.74. The summed E-state index contributed by atoms with van der Waals surface area (Å²) in [7, 11) is 3.38. The number of benzene rings is 1. The van der Waals surface area contributed by atoms with Gasteiger partial charge in [0.05, 0.1) is 13.2 Å². The molecule has 1 heterocycles. The molecule has 0 saturated heterocycles. The van der Waals surface area contributed by atoms with Gasteiger partial charge in [0.2, 0.25) is 5.88 Å². The normalized spacial score (nSPS) is 11.3. The van der Waals surface area contributed by atoms with Crippen molar-refractivity contribution in [1.82, 2.24) is 15.6 Å². The van der Waals surface area contributed by atoms with Crippen LogP contribution in [0.2, 0.25) is 0 Å². The molecule has 0 spiro atoms. The van der Waals surface area contributed by atoms with Gasteiger partial charge in [-0.2, -0.15) is 0 Å². The minimum Gasteiger partial charge on any atom is -0.439 e. The van der Waals surface area contributed by atoms with Crippen LogP contribution in [0.3, 0.4) is 0 Å². The molecule has 0 aliphatic carbocycles. The van der Waals surface area contributed by atoms with Crippen LogP contribution in [-0.2, 0) is 16.0 Å². The number of halogens is 1. The predicted molar refractivity (Wildman–Crippen MR) is 106 cm³/mol. The van der Waals surface area contributed by atoms with Crippen LogP contribution < -0.4 is 15.4 Å². The molecule has 1 aromatic heterocycles. The Morgan fingerprint density at radius 1 is 1.07 bits per heavy atom. The first-order valence-corrected chi connectivity index (χ1v) is 9.11. The Hall–Kier alpha value is -2.71. The number of aromatic nitrogens is 1. The summed E-state index contributed by atoms with van der Waals surface area (Å²) in [4.78, 5) is 8.46. The molecule has 8 heteroatoms. The van der Waals surface area contributed by atoms with E-state index in [-0.39, 0.29) is 5.82 Å². The molecule has 0 saturated carbocycles. The molecule has 0 unspecified atom stereocenters. The molecule has 2 aromatic rings. The minimum atomic E-state index is -0.303. The predicted octanol–water partition coefficient (Wildman–Crippen LogP) is 2.73. The van der Waals surface area contributed by atoms with Crippen LogP contribution in [0.5, 0.6) is 11.6 Å². The number of aliphatic imine (C=N–C) groups is 1. The van der Waals surface area contributed by atoms with E-state index in [4.69, 9.17) is 14.2 Å². The summed E-state index contributed by atoms with van der Waals surface area (Å²) in [6.45, 7) is 3.23. The zero-order valence-electron chi connectivity index (χ0n) is 16.3. The maximum atomic E-state index is 12.9. The van der Waals surface area contributed by atoms with E-state index in [2.05, 4.69) is 20.6 Å². The van der Waals surface area contributed by atoms with Crippen LogP contribution in [0, 0.1) is 5.82 Å². The lowest BCUT2D eigenvalue weighted by atomic mass is 10.3.